The smallest absolute Gasteiger partial charge is 0.142 e. The molecule has 3 nitrogen and oxygen atoms in total. The van der Waals surface area contributed by atoms with Gasteiger partial charge in [0.25, 0.3) is 0 Å². The number of nitriles is 1. The van der Waals surface area contributed by atoms with E-state index in [1.165, 1.54) is 12.0 Å². The Morgan fingerprint density at radius 3 is 2.52 bits per heavy atom. The number of aromatic nitrogens is 1. The van der Waals surface area contributed by atoms with Gasteiger partial charge in [-0.2, -0.15) is 5.26 Å². The topological polar surface area (TPSA) is 62.7 Å². The van der Waals surface area contributed by atoms with E-state index in [1.807, 2.05) is 24.3 Å². The average Bonchev–Trinajstić information content (AvgIpc) is 2.72. The van der Waals surface area contributed by atoms with Crippen LogP contribution in [0.5, 0.6) is 0 Å². The molecule has 0 aliphatic heterocycles. The first-order valence-corrected chi connectivity index (χ1v) is 7.97. The van der Waals surface area contributed by atoms with Crippen molar-refractivity contribution >= 4 is 21.7 Å². The maximum atomic E-state index is 9.51. The summed E-state index contributed by atoms with van der Waals surface area (Å²) >= 11 is 3.45. The van der Waals surface area contributed by atoms with Crippen molar-refractivity contribution in [2.24, 2.45) is 0 Å². The zero-order valence-corrected chi connectivity index (χ0v) is 13.3. The summed E-state index contributed by atoms with van der Waals surface area (Å²) in [5.41, 5.74) is 10.8. The van der Waals surface area contributed by atoms with Gasteiger partial charge in [-0.25, -0.2) is 4.98 Å². The second-order valence-electron chi connectivity index (χ2n) is 5.35. The molecular weight excluding hydrogens is 326 g/mol. The monoisotopic (exact) mass is 341 g/mol. The molecule has 0 spiro atoms. The number of hydrogen-bond acceptors (Lipinski definition) is 3. The van der Waals surface area contributed by atoms with Crippen LogP contribution in [0.2, 0.25) is 0 Å². The molecule has 21 heavy (non-hydrogen) atoms. The van der Waals surface area contributed by atoms with Gasteiger partial charge in [-0.05, 0) is 48.9 Å². The highest BCUT2D eigenvalue weighted by Crippen LogP contribution is 2.35. The summed E-state index contributed by atoms with van der Waals surface area (Å²) in [4.78, 5) is 4.49. The minimum absolute atomic E-state index is 0.357. The predicted octanol–water partition coefficient (Wildman–Crippen LogP) is 4.23. The van der Waals surface area contributed by atoms with E-state index < -0.39 is 0 Å². The molecule has 4 heteroatoms. The molecule has 0 radical (unpaired) electrons. The molecule has 3 rings (SSSR count). The van der Waals surface area contributed by atoms with Gasteiger partial charge in [0.1, 0.15) is 17.5 Å². The van der Waals surface area contributed by atoms with Crippen molar-refractivity contribution in [3.8, 4) is 17.2 Å². The number of hydrogen-bond donors (Lipinski definition) is 1. The van der Waals surface area contributed by atoms with E-state index in [0.717, 1.165) is 47.0 Å². The first kappa shape index (κ1) is 14.1. The number of anilines is 1. The third-order valence-corrected chi connectivity index (χ3v) is 4.53. The summed E-state index contributed by atoms with van der Waals surface area (Å²) in [7, 11) is 0. The van der Waals surface area contributed by atoms with Crippen LogP contribution in [0.4, 0.5) is 5.82 Å². The van der Waals surface area contributed by atoms with Crippen LogP contribution < -0.4 is 5.73 Å². The van der Waals surface area contributed by atoms with Gasteiger partial charge in [0, 0.05) is 15.7 Å². The van der Waals surface area contributed by atoms with Crippen molar-refractivity contribution in [2.45, 2.75) is 32.1 Å². The molecule has 2 aromatic rings. The maximum absolute atomic E-state index is 9.51. The fourth-order valence-corrected chi connectivity index (χ4v) is 3.25. The lowest BCUT2D eigenvalue weighted by Gasteiger charge is -2.15. The lowest BCUT2D eigenvalue weighted by atomic mass is 9.92. The molecule has 0 amide bonds. The van der Waals surface area contributed by atoms with Crippen molar-refractivity contribution in [1.29, 1.82) is 5.26 Å². The summed E-state index contributed by atoms with van der Waals surface area (Å²) in [6.45, 7) is 0. The Labute approximate surface area is 132 Å². The zero-order chi connectivity index (χ0) is 14.8. The number of halogens is 1. The van der Waals surface area contributed by atoms with Crippen LogP contribution in [0.15, 0.2) is 28.7 Å². The Bertz CT molecular complexity index is 714. The van der Waals surface area contributed by atoms with Gasteiger partial charge < -0.3 is 5.73 Å². The number of pyridine rings is 1. The molecule has 0 unspecified atom stereocenters. The standard InChI is InChI=1S/C17H16BrN3/c18-12-8-6-11(7-9-12)16-13-4-2-1-3-5-15(13)21-17(20)14(16)10-19/h6-9H,1-5H2,(H2,20,21). The van der Waals surface area contributed by atoms with E-state index in [4.69, 9.17) is 5.73 Å². The number of nitrogen functional groups attached to an aromatic ring is 1. The molecule has 2 N–H and O–H groups in total. The predicted molar refractivity (Wildman–Crippen MR) is 87.8 cm³/mol. The molecule has 1 aromatic heterocycles. The van der Waals surface area contributed by atoms with Crippen LogP contribution >= 0.6 is 15.9 Å². The summed E-state index contributed by atoms with van der Waals surface area (Å²) in [6.07, 6.45) is 5.42. The normalized spacial score (nSPS) is 14.1. The summed E-state index contributed by atoms with van der Waals surface area (Å²) < 4.78 is 1.03. The van der Waals surface area contributed by atoms with Crippen molar-refractivity contribution in [2.75, 3.05) is 5.73 Å². The van der Waals surface area contributed by atoms with Crippen LogP contribution in [-0.2, 0) is 12.8 Å². The summed E-state index contributed by atoms with van der Waals surface area (Å²) in [5, 5.41) is 9.51. The largest absolute Gasteiger partial charge is 0.383 e. The third kappa shape index (κ3) is 2.66. The highest BCUT2D eigenvalue weighted by Gasteiger charge is 2.20. The van der Waals surface area contributed by atoms with Gasteiger partial charge in [0.05, 0.1) is 0 Å². The number of nitrogens with two attached hydrogens (primary N) is 1. The van der Waals surface area contributed by atoms with Gasteiger partial charge >= 0.3 is 0 Å². The van der Waals surface area contributed by atoms with E-state index in [9.17, 15) is 5.26 Å². The molecule has 0 saturated heterocycles. The van der Waals surface area contributed by atoms with E-state index >= 15 is 0 Å². The Morgan fingerprint density at radius 1 is 1.10 bits per heavy atom. The Hall–Kier alpha value is -1.86. The van der Waals surface area contributed by atoms with Crippen molar-refractivity contribution < 1.29 is 0 Å². The van der Waals surface area contributed by atoms with E-state index in [1.54, 1.807) is 0 Å². The van der Waals surface area contributed by atoms with Gasteiger partial charge in [0.2, 0.25) is 0 Å². The highest BCUT2D eigenvalue weighted by atomic mass is 79.9. The van der Waals surface area contributed by atoms with Crippen LogP contribution in [-0.4, -0.2) is 4.98 Å². The molecule has 0 atom stereocenters. The first-order valence-electron chi connectivity index (χ1n) is 7.18. The summed E-state index contributed by atoms with van der Waals surface area (Å²) in [6, 6.07) is 10.3. The van der Waals surface area contributed by atoms with E-state index in [0.29, 0.717) is 11.4 Å². The van der Waals surface area contributed by atoms with Crippen LogP contribution in [0.1, 0.15) is 36.1 Å². The highest BCUT2D eigenvalue weighted by molar-refractivity contribution is 9.10. The third-order valence-electron chi connectivity index (χ3n) is 4.00. The maximum Gasteiger partial charge on any atom is 0.142 e. The van der Waals surface area contributed by atoms with Crippen molar-refractivity contribution in [3.63, 3.8) is 0 Å². The second kappa shape index (κ2) is 5.87. The Morgan fingerprint density at radius 2 is 1.81 bits per heavy atom. The van der Waals surface area contributed by atoms with Crippen molar-refractivity contribution in [1.82, 2.24) is 4.98 Å². The van der Waals surface area contributed by atoms with Gasteiger partial charge in [0.15, 0.2) is 0 Å². The molecule has 0 saturated carbocycles. The molecule has 0 bridgehead atoms. The number of fused-ring (bicyclic) bond motifs is 1. The minimum Gasteiger partial charge on any atom is -0.383 e. The van der Waals surface area contributed by atoms with E-state index in [-0.39, 0.29) is 0 Å². The lowest BCUT2D eigenvalue weighted by Crippen LogP contribution is -2.06. The number of aryl methyl sites for hydroxylation is 1. The van der Waals surface area contributed by atoms with Crippen molar-refractivity contribution in [3.05, 3.63) is 45.6 Å². The Balaban J connectivity index is 2.28. The van der Waals surface area contributed by atoms with Crippen LogP contribution in [0, 0.1) is 11.3 Å². The number of nitrogens with zero attached hydrogens (tertiary/aromatic N) is 2. The zero-order valence-electron chi connectivity index (χ0n) is 11.7. The van der Waals surface area contributed by atoms with Crippen LogP contribution in [0.3, 0.4) is 0 Å². The fraction of sp³-hybridized carbons (Fsp3) is 0.294. The summed E-state index contributed by atoms with van der Waals surface area (Å²) in [5.74, 6) is 0.357. The molecule has 1 aromatic carbocycles. The molecule has 1 aliphatic rings. The first-order chi connectivity index (χ1) is 10.2. The fourth-order valence-electron chi connectivity index (χ4n) is 2.99. The minimum atomic E-state index is 0.357. The van der Waals surface area contributed by atoms with Gasteiger partial charge in [-0.3, -0.25) is 0 Å². The molecule has 1 aliphatic carbocycles. The van der Waals surface area contributed by atoms with Gasteiger partial charge in [-0.1, -0.05) is 34.5 Å². The molecular formula is C17H16BrN3. The molecule has 0 fully saturated rings. The molecule has 1 heterocycles. The number of rotatable bonds is 1. The van der Waals surface area contributed by atoms with E-state index in [2.05, 4.69) is 27.0 Å². The average molecular weight is 342 g/mol. The van der Waals surface area contributed by atoms with Gasteiger partial charge in [-0.15, -0.1) is 0 Å². The SMILES string of the molecule is N#Cc1c(N)nc2c(c1-c1ccc(Br)cc1)CCCCC2. The lowest BCUT2D eigenvalue weighted by molar-refractivity contribution is 0.709. The Kier molecular flexibility index (Phi) is 3.94. The second-order valence-corrected chi connectivity index (χ2v) is 6.27. The number of benzene rings is 1. The quantitative estimate of drug-likeness (QED) is 0.789. The van der Waals surface area contributed by atoms with Crippen LogP contribution in [0.25, 0.3) is 11.1 Å². The molecule has 106 valence electrons.